The average molecular weight is 266 g/mol. The lowest BCUT2D eigenvalue weighted by atomic mass is 9.97. The predicted octanol–water partition coefficient (Wildman–Crippen LogP) is 2.62. The first kappa shape index (κ1) is 12.8. The van der Waals surface area contributed by atoms with Crippen LogP contribution in [0.5, 0.6) is 0 Å². The minimum absolute atomic E-state index is 0.0993. The molecule has 0 spiro atoms. The van der Waals surface area contributed by atoms with Crippen molar-refractivity contribution in [3.63, 3.8) is 0 Å². The van der Waals surface area contributed by atoms with E-state index < -0.39 is 0 Å². The molecule has 0 fully saturated rings. The van der Waals surface area contributed by atoms with Crippen LogP contribution >= 0.6 is 11.6 Å². The van der Waals surface area contributed by atoms with Crippen molar-refractivity contribution in [2.45, 2.75) is 27.3 Å². The number of tetrazole rings is 1. The Morgan fingerprint density at radius 1 is 1.33 bits per heavy atom. The summed E-state index contributed by atoms with van der Waals surface area (Å²) in [5.74, 6) is 0.702. The van der Waals surface area contributed by atoms with Crippen molar-refractivity contribution >= 4 is 17.3 Å². The fraction of sp³-hybridized carbons (Fsp3) is 0.417. The zero-order chi connectivity index (χ0) is 13.3. The van der Waals surface area contributed by atoms with Crippen LogP contribution < -0.4 is 5.73 Å². The van der Waals surface area contributed by atoms with Crippen molar-refractivity contribution in [2.75, 3.05) is 5.73 Å². The molecule has 18 heavy (non-hydrogen) atoms. The van der Waals surface area contributed by atoms with Crippen molar-refractivity contribution < 1.29 is 0 Å². The highest BCUT2D eigenvalue weighted by molar-refractivity contribution is 6.33. The Bertz CT molecular complexity index is 556. The number of rotatable bonds is 2. The van der Waals surface area contributed by atoms with E-state index in [4.69, 9.17) is 17.3 Å². The highest BCUT2D eigenvalue weighted by Gasteiger charge is 2.17. The van der Waals surface area contributed by atoms with Gasteiger partial charge in [-0.1, -0.05) is 32.4 Å². The Morgan fingerprint density at radius 2 is 2.06 bits per heavy atom. The molecule has 6 heteroatoms. The zero-order valence-electron chi connectivity index (χ0n) is 10.7. The summed E-state index contributed by atoms with van der Waals surface area (Å²) in [6.07, 6.45) is 0. The van der Waals surface area contributed by atoms with Gasteiger partial charge in [0.05, 0.1) is 10.7 Å². The summed E-state index contributed by atoms with van der Waals surface area (Å²) in [5, 5.41) is 12.3. The van der Waals surface area contributed by atoms with E-state index in [1.165, 1.54) is 0 Å². The van der Waals surface area contributed by atoms with Crippen LogP contribution in [0.2, 0.25) is 5.02 Å². The number of nitrogens with zero attached hydrogens (tertiary/aromatic N) is 4. The van der Waals surface area contributed by atoms with Crippen molar-refractivity contribution in [3.05, 3.63) is 23.2 Å². The number of halogens is 1. The van der Waals surface area contributed by atoms with Crippen molar-refractivity contribution in [3.8, 4) is 11.4 Å². The molecule has 5 nitrogen and oxygen atoms in total. The standard InChI is InChI=1S/C12H16ClN5/c1-12(2,3)7-18-11(15-16-17-18)8-4-5-9(13)10(14)6-8/h4-6H,7,14H2,1-3H3. The van der Waals surface area contributed by atoms with Gasteiger partial charge in [-0.3, -0.25) is 0 Å². The lowest BCUT2D eigenvalue weighted by Crippen LogP contribution is -2.17. The minimum Gasteiger partial charge on any atom is -0.398 e. The van der Waals surface area contributed by atoms with Crippen molar-refractivity contribution in [2.24, 2.45) is 5.41 Å². The zero-order valence-corrected chi connectivity index (χ0v) is 11.4. The lowest BCUT2D eigenvalue weighted by Gasteiger charge is -2.18. The van der Waals surface area contributed by atoms with Crippen LogP contribution in [-0.4, -0.2) is 20.2 Å². The maximum Gasteiger partial charge on any atom is 0.182 e. The third-order valence-electron chi connectivity index (χ3n) is 2.41. The first-order valence-electron chi connectivity index (χ1n) is 5.68. The van der Waals surface area contributed by atoms with Crippen LogP contribution in [0, 0.1) is 5.41 Å². The molecular weight excluding hydrogens is 250 g/mol. The molecular formula is C12H16ClN5. The largest absolute Gasteiger partial charge is 0.398 e. The number of aromatic nitrogens is 4. The van der Waals surface area contributed by atoms with Gasteiger partial charge in [0.15, 0.2) is 5.82 Å². The number of anilines is 1. The van der Waals surface area contributed by atoms with Gasteiger partial charge in [0, 0.05) is 12.1 Å². The van der Waals surface area contributed by atoms with Gasteiger partial charge in [-0.25, -0.2) is 4.68 Å². The quantitative estimate of drug-likeness (QED) is 0.848. The number of nitrogen functional groups attached to an aromatic ring is 1. The maximum atomic E-state index is 5.90. The highest BCUT2D eigenvalue weighted by Crippen LogP contribution is 2.26. The van der Waals surface area contributed by atoms with Gasteiger partial charge in [-0.05, 0) is 34.0 Å². The second-order valence-corrected chi connectivity index (χ2v) is 5.86. The van der Waals surface area contributed by atoms with Gasteiger partial charge in [-0.15, -0.1) is 5.10 Å². The SMILES string of the molecule is CC(C)(C)Cn1nnnc1-c1ccc(Cl)c(N)c1. The number of nitrogens with two attached hydrogens (primary N) is 1. The van der Waals surface area contributed by atoms with E-state index >= 15 is 0 Å². The Labute approximate surface area is 111 Å². The maximum absolute atomic E-state index is 5.90. The molecule has 1 heterocycles. The van der Waals surface area contributed by atoms with Crippen LogP contribution in [0.3, 0.4) is 0 Å². The molecule has 1 aromatic carbocycles. The Kier molecular flexibility index (Phi) is 3.26. The summed E-state index contributed by atoms with van der Waals surface area (Å²) in [6.45, 7) is 7.13. The highest BCUT2D eigenvalue weighted by atomic mass is 35.5. The summed E-state index contributed by atoms with van der Waals surface area (Å²) in [6, 6.07) is 5.40. The summed E-state index contributed by atoms with van der Waals surface area (Å²) in [5.41, 5.74) is 7.29. The van der Waals surface area contributed by atoms with E-state index in [-0.39, 0.29) is 5.41 Å². The van der Waals surface area contributed by atoms with Gasteiger partial charge in [0.25, 0.3) is 0 Å². The average Bonchev–Trinajstić information content (AvgIpc) is 2.67. The molecule has 0 saturated heterocycles. The van der Waals surface area contributed by atoms with Crippen molar-refractivity contribution in [1.29, 1.82) is 0 Å². The second-order valence-electron chi connectivity index (χ2n) is 5.46. The molecule has 0 aliphatic rings. The molecule has 0 amide bonds. The smallest absolute Gasteiger partial charge is 0.182 e. The van der Waals surface area contributed by atoms with Gasteiger partial charge >= 0.3 is 0 Å². The first-order chi connectivity index (χ1) is 8.37. The molecule has 1 aromatic heterocycles. The summed E-state index contributed by atoms with van der Waals surface area (Å²) in [7, 11) is 0. The van der Waals surface area contributed by atoms with Gasteiger partial charge in [0.2, 0.25) is 0 Å². The summed E-state index contributed by atoms with van der Waals surface area (Å²) < 4.78 is 1.78. The normalized spacial score (nSPS) is 11.8. The van der Waals surface area contributed by atoms with Gasteiger partial charge in [-0.2, -0.15) is 0 Å². The first-order valence-corrected chi connectivity index (χ1v) is 6.06. The van der Waals surface area contributed by atoms with Crippen LogP contribution in [0.1, 0.15) is 20.8 Å². The van der Waals surface area contributed by atoms with E-state index in [9.17, 15) is 0 Å². The molecule has 0 radical (unpaired) electrons. The monoisotopic (exact) mass is 265 g/mol. The molecule has 0 saturated carbocycles. The fourth-order valence-corrected chi connectivity index (χ4v) is 1.77. The van der Waals surface area contributed by atoms with Gasteiger partial charge in [0.1, 0.15) is 0 Å². The Hall–Kier alpha value is -1.62. The number of benzene rings is 1. The van der Waals surface area contributed by atoms with E-state index in [1.807, 2.05) is 6.07 Å². The number of hydrogen-bond acceptors (Lipinski definition) is 4. The summed E-state index contributed by atoms with van der Waals surface area (Å²) >= 11 is 5.90. The summed E-state index contributed by atoms with van der Waals surface area (Å²) in [4.78, 5) is 0. The molecule has 0 aliphatic heterocycles. The van der Waals surface area contributed by atoms with Crippen LogP contribution in [0.15, 0.2) is 18.2 Å². The molecule has 0 unspecified atom stereocenters. The Balaban J connectivity index is 2.39. The Morgan fingerprint density at radius 3 is 2.67 bits per heavy atom. The third kappa shape index (κ3) is 2.79. The molecule has 2 N–H and O–H groups in total. The topological polar surface area (TPSA) is 69.6 Å². The van der Waals surface area contributed by atoms with Crippen LogP contribution in [0.4, 0.5) is 5.69 Å². The molecule has 96 valence electrons. The predicted molar refractivity (Wildman–Crippen MR) is 72.1 cm³/mol. The van der Waals surface area contributed by atoms with E-state index in [2.05, 4.69) is 36.3 Å². The second kappa shape index (κ2) is 4.57. The lowest BCUT2D eigenvalue weighted by molar-refractivity contribution is 0.323. The van der Waals surface area contributed by atoms with E-state index in [1.54, 1.807) is 16.8 Å². The van der Waals surface area contributed by atoms with Gasteiger partial charge < -0.3 is 5.73 Å². The minimum atomic E-state index is 0.0993. The van der Waals surface area contributed by atoms with Crippen LogP contribution in [-0.2, 0) is 6.54 Å². The van der Waals surface area contributed by atoms with E-state index in [0.717, 1.165) is 12.1 Å². The molecule has 2 aromatic rings. The molecule has 0 atom stereocenters. The van der Waals surface area contributed by atoms with E-state index in [0.29, 0.717) is 16.5 Å². The molecule has 0 aliphatic carbocycles. The van der Waals surface area contributed by atoms with Crippen molar-refractivity contribution in [1.82, 2.24) is 20.2 Å². The number of hydrogen-bond donors (Lipinski definition) is 1. The molecule has 2 rings (SSSR count). The molecule has 0 bridgehead atoms. The van der Waals surface area contributed by atoms with Crippen LogP contribution in [0.25, 0.3) is 11.4 Å². The third-order valence-corrected chi connectivity index (χ3v) is 2.75. The fourth-order valence-electron chi connectivity index (χ4n) is 1.65.